The number of nitrogens with zero attached hydrogens (tertiary/aromatic N) is 1. The van der Waals surface area contributed by atoms with Gasteiger partial charge in [0.25, 0.3) is 0 Å². The third kappa shape index (κ3) is 4.35. The van der Waals surface area contributed by atoms with Crippen molar-refractivity contribution >= 4 is 17.7 Å². The van der Waals surface area contributed by atoms with Crippen LogP contribution in [0.4, 0.5) is 10.5 Å². The molecule has 0 radical (unpaired) electrons. The number of hydrogen-bond donors (Lipinski definition) is 1. The number of rotatable bonds is 2. The predicted octanol–water partition coefficient (Wildman–Crippen LogP) is 3.76. The number of carbonyl (C=O) groups is 2. The van der Waals surface area contributed by atoms with Gasteiger partial charge in [0.05, 0.1) is 6.54 Å². The summed E-state index contributed by atoms with van der Waals surface area (Å²) in [4.78, 5) is 27.6. The second kappa shape index (κ2) is 7.89. The quantitative estimate of drug-likeness (QED) is 0.816. The zero-order chi connectivity index (χ0) is 21.3. The van der Waals surface area contributed by atoms with E-state index in [2.05, 4.69) is 5.32 Å². The Hall–Kier alpha value is -3.22. The van der Waals surface area contributed by atoms with E-state index in [0.29, 0.717) is 43.4 Å². The summed E-state index contributed by atoms with van der Waals surface area (Å²) in [5, 5.41) is 2.92. The van der Waals surface area contributed by atoms with Gasteiger partial charge >= 0.3 is 6.09 Å². The van der Waals surface area contributed by atoms with E-state index in [1.54, 1.807) is 18.2 Å². The zero-order valence-electron chi connectivity index (χ0n) is 17.4. The normalized spacial score (nSPS) is 17.7. The van der Waals surface area contributed by atoms with Gasteiger partial charge in [0.1, 0.15) is 24.9 Å². The first-order valence-electron chi connectivity index (χ1n) is 10.1. The van der Waals surface area contributed by atoms with Crippen molar-refractivity contribution in [3.63, 3.8) is 0 Å². The smallest absolute Gasteiger partial charge is 0.411 e. The molecule has 2 aliphatic rings. The maximum atomic E-state index is 13.2. The summed E-state index contributed by atoms with van der Waals surface area (Å²) in [5.41, 5.74) is 2.02. The molecule has 0 saturated carbocycles. The highest BCUT2D eigenvalue weighted by Crippen LogP contribution is 2.33. The molecule has 4 rings (SSSR count). The Labute approximate surface area is 175 Å². The minimum Gasteiger partial charge on any atom is -0.486 e. The van der Waals surface area contributed by atoms with Crippen LogP contribution in [0.2, 0.25) is 0 Å². The summed E-state index contributed by atoms with van der Waals surface area (Å²) >= 11 is 0. The van der Waals surface area contributed by atoms with Crippen LogP contribution in [0.1, 0.15) is 31.9 Å². The van der Waals surface area contributed by atoms with E-state index in [4.69, 9.17) is 14.2 Å². The molecule has 1 atom stereocenters. The minimum atomic E-state index is -0.678. The van der Waals surface area contributed by atoms with Gasteiger partial charge in [0, 0.05) is 18.2 Å². The molecule has 2 aromatic rings. The van der Waals surface area contributed by atoms with E-state index in [9.17, 15) is 9.59 Å². The first-order valence-corrected chi connectivity index (χ1v) is 10.1. The summed E-state index contributed by atoms with van der Waals surface area (Å²) in [6.45, 7) is 6.73. The molecular weight excluding hydrogens is 384 g/mol. The van der Waals surface area contributed by atoms with E-state index in [1.807, 2.05) is 45.0 Å². The first-order chi connectivity index (χ1) is 14.3. The van der Waals surface area contributed by atoms with Gasteiger partial charge in [-0.1, -0.05) is 24.3 Å². The number of hydrogen-bond acceptors (Lipinski definition) is 5. The zero-order valence-corrected chi connectivity index (χ0v) is 17.4. The fourth-order valence-electron chi connectivity index (χ4n) is 3.62. The molecule has 1 N–H and O–H groups in total. The molecule has 2 aliphatic heterocycles. The second-order valence-corrected chi connectivity index (χ2v) is 8.44. The lowest BCUT2D eigenvalue weighted by atomic mass is 9.93. The van der Waals surface area contributed by atoms with Gasteiger partial charge < -0.3 is 19.5 Å². The topological polar surface area (TPSA) is 77.1 Å². The van der Waals surface area contributed by atoms with Crippen LogP contribution in [0.25, 0.3) is 0 Å². The Morgan fingerprint density at radius 2 is 1.73 bits per heavy atom. The van der Waals surface area contributed by atoms with Crippen molar-refractivity contribution in [2.45, 2.75) is 45.4 Å². The van der Waals surface area contributed by atoms with Crippen LogP contribution in [-0.4, -0.2) is 41.8 Å². The fraction of sp³-hybridized carbons (Fsp3) is 0.391. The van der Waals surface area contributed by atoms with Gasteiger partial charge in [-0.25, -0.2) is 4.79 Å². The molecule has 0 aliphatic carbocycles. The molecule has 0 aromatic heterocycles. The molecule has 2 heterocycles. The number of amides is 2. The Morgan fingerprint density at radius 1 is 1.03 bits per heavy atom. The van der Waals surface area contributed by atoms with Crippen LogP contribution in [0, 0.1) is 0 Å². The van der Waals surface area contributed by atoms with Crippen molar-refractivity contribution in [2.24, 2.45) is 0 Å². The summed E-state index contributed by atoms with van der Waals surface area (Å²) in [5.74, 6) is 0.977. The van der Waals surface area contributed by atoms with Gasteiger partial charge in [-0.2, -0.15) is 0 Å². The summed E-state index contributed by atoms with van der Waals surface area (Å²) in [7, 11) is 0. The number of benzene rings is 2. The van der Waals surface area contributed by atoms with Crippen LogP contribution in [0.3, 0.4) is 0 Å². The van der Waals surface area contributed by atoms with Crippen molar-refractivity contribution in [1.82, 2.24) is 4.90 Å². The SMILES string of the molecule is CC(C)(C)OC(=O)N1Cc2ccccc2CC1C(=O)Nc1ccc2c(c1)OCCO2. The molecule has 0 fully saturated rings. The molecule has 30 heavy (non-hydrogen) atoms. The second-order valence-electron chi connectivity index (χ2n) is 8.44. The molecule has 7 heteroatoms. The Morgan fingerprint density at radius 3 is 2.47 bits per heavy atom. The van der Waals surface area contributed by atoms with E-state index in [-0.39, 0.29) is 5.91 Å². The van der Waals surface area contributed by atoms with E-state index in [1.165, 1.54) is 4.90 Å². The number of fused-ring (bicyclic) bond motifs is 2. The Bertz CT molecular complexity index is 966. The van der Waals surface area contributed by atoms with Crippen LogP contribution in [-0.2, 0) is 22.5 Å². The first kappa shape index (κ1) is 20.1. The molecule has 7 nitrogen and oxygen atoms in total. The van der Waals surface area contributed by atoms with Crippen molar-refractivity contribution in [3.8, 4) is 11.5 Å². The molecule has 158 valence electrons. The molecule has 1 unspecified atom stereocenters. The van der Waals surface area contributed by atoms with E-state index >= 15 is 0 Å². The number of ether oxygens (including phenoxy) is 3. The lowest BCUT2D eigenvalue weighted by Gasteiger charge is -2.36. The maximum absolute atomic E-state index is 13.2. The highest BCUT2D eigenvalue weighted by Gasteiger charge is 2.37. The predicted molar refractivity (Wildman–Crippen MR) is 112 cm³/mol. The van der Waals surface area contributed by atoms with Crippen LogP contribution >= 0.6 is 0 Å². The minimum absolute atomic E-state index is 0.271. The van der Waals surface area contributed by atoms with E-state index < -0.39 is 17.7 Å². The molecule has 2 amide bonds. The monoisotopic (exact) mass is 410 g/mol. The number of anilines is 1. The van der Waals surface area contributed by atoms with Crippen molar-refractivity contribution in [2.75, 3.05) is 18.5 Å². The summed E-state index contributed by atoms with van der Waals surface area (Å²) in [6.07, 6.45) is -0.0782. The van der Waals surface area contributed by atoms with Gasteiger partial charge in [-0.15, -0.1) is 0 Å². The number of carbonyl (C=O) groups excluding carboxylic acids is 2. The lowest BCUT2D eigenvalue weighted by Crippen LogP contribution is -2.52. The van der Waals surface area contributed by atoms with Crippen molar-refractivity contribution in [3.05, 3.63) is 53.6 Å². The molecule has 0 saturated heterocycles. The number of nitrogens with one attached hydrogen (secondary N) is 1. The standard InChI is InChI=1S/C23H26N2O5/c1-23(2,3)30-22(27)25-14-16-7-5-4-6-15(16)12-18(25)21(26)24-17-8-9-19-20(13-17)29-11-10-28-19/h4-9,13,18H,10-12,14H2,1-3H3,(H,24,26). The molecule has 0 spiro atoms. The van der Waals surface area contributed by atoms with Crippen LogP contribution < -0.4 is 14.8 Å². The largest absolute Gasteiger partial charge is 0.486 e. The highest BCUT2D eigenvalue weighted by molar-refractivity contribution is 5.97. The van der Waals surface area contributed by atoms with E-state index in [0.717, 1.165) is 11.1 Å². The fourth-order valence-corrected chi connectivity index (χ4v) is 3.62. The maximum Gasteiger partial charge on any atom is 0.411 e. The molecule has 0 bridgehead atoms. The third-order valence-corrected chi connectivity index (χ3v) is 4.99. The summed E-state index contributed by atoms with van der Waals surface area (Å²) < 4.78 is 16.7. The molecular formula is C23H26N2O5. The third-order valence-electron chi connectivity index (χ3n) is 4.99. The summed E-state index contributed by atoms with van der Waals surface area (Å²) in [6, 6.07) is 12.4. The average molecular weight is 410 g/mol. The highest BCUT2D eigenvalue weighted by atomic mass is 16.6. The van der Waals surface area contributed by atoms with Gasteiger partial charge in [-0.3, -0.25) is 9.69 Å². The van der Waals surface area contributed by atoms with Crippen LogP contribution in [0.5, 0.6) is 11.5 Å². The molecule has 2 aromatic carbocycles. The van der Waals surface area contributed by atoms with Crippen LogP contribution in [0.15, 0.2) is 42.5 Å². The van der Waals surface area contributed by atoms with Gasteiger partial charge in [-0.05, 0) is 44.0 Å². The van der Waals surface area contributed by atoms with Crippen molar-refractivity contribution < 1.29 is 23.8 Å². The van der Waals surface area contributed by atoms with Crippen molar-refractivity contribution in [1.29, 1.82) is 0 Å². The Balaban J connectivity index is 1.57. The van der Waals surface area contributed by atoms with Gasteiger partial charge in [0.15, 0.2) is 11.5 Å². The average Bonchev–Trinajstić information content (AvgIpc) is 2.71. The van der Waals surface area contributed by atoms with Gasteiger partial charge in [0.2, 0.25) is 5.91 Å². The Kier molecular flexibility index (Phi) is 5.28. The lowest BCUT2D eigenvalue weighted by molar-refractivity contribution is -0.121.